The highest BCUT2D eigenvalue weighted by Crippen LogP contribution is 2.37. The Morgan fingerprint density at radius 2 is 2.15 bits per heavy atom. The molecule has 10 nitrogen and oxygen atoms in total. The fourth-order valence-electron chi connectivity index (χ4n) is 4.00. The van der Waals surface area contributed by atoms with Gasteiger partial charge in [-0.25, -0.2) is 4.68 Å². The maximum atomic E-state index is 12.2. The zero-order valence-corrected chi connectivity index (χ0v) is 15.3. The first-order chi connectivity index (χ1) is 13.3. The molecule has 1 saturated carbocycles. The summed E-state index contributed by atoms with van der Waals surface area (Å²) in [4.78, 5) is 21.3. The minimum absolute atomic E-state index is 0.108. The molecule has 2 aliphatic heterocycles. The van der Waals surface area contributed by atoms with E-state index in [1.54, 1.807) is 4.68 Å². The molecule has 2 aromatic rings. The molecule has 3 aliphatic rings. The molecule has 0 aromatic carbocycles. The summed E-state index contributed by atoms with van der Waals surface area (Å²) in [5, 5.41) is 15.1. The summed E-state index contributed by atoms with van der Waals surface area (Å²) in [5.74, 6) is 2.65. The summed E-state index contributed by atoms with van der Waals surface area (Å²) in [5.41, 5.74) is 0. The molecule has 10 heteroatoms. The van der Waals surface area contributed by atoms with E-state index in [4.69, 9.17) is 4.52 Å². The molecule has 144 valence electrons. The molecule has 2 saturated heterocycles. The zero-order valence-electron chi connectivity index (χ0n) is 15.3. The molecule has 5 rings (SSSR count). The molecule has 2 aromatic heterocycles. The minimum Gasteiger partial charge on any atom is -0.341 e. The molecule has 1 aliphatic carbocycles. The van der Waals surface area contributed by atoms with Crippen molar-refractivity contribution in [3.05, 3.63) is 18.0 Å². The normalized spacial score (nSPS) is 23.7. The van der Waals surface area contributed by atoms with Crippen LogP contribution in [0.2, 0.25) is 0 Å². The van der Waals surface area contributed by atoms with E-state index in [-0.39, 0.29) is 17.9 Å². The second kappa shape index (κ2) is 6.99. The molecule has 1 amide bonds. The number of hydrogen-bond acceptors (Lipinski definition) is 8. The van der Waals surface area contributed by atoms with E-state index in [0.717, 1.165) is 37.1 Å². The SMILES string of the molecule is O=C(CCn1cnnn1)N1CC(c2noc(C3CCCN3CC3CC3)n2)C1. The molecular weight excluding hydrogens is 348 g/mol. The van der Waals surface area contributed by atoms with Crippen molar-refractivity contribution in [3.63, 3.8) is 0 Å². The van der Waals surface area contributed by atoms with Gasteiger partial charge in [0.05, 0.1) is 18.5 Å². The third kappa shape index (κ3) is 3.58. The molecular formula is C17H24N8O2. The van der Waals surface area contributed by atoms with Crippen LogP contribution in [0.15, 0.2) is 10.9 Å². The zero-order chi connectivity index (χ0) is 18.2. The van der Waals surface area contributed by atoms with Crippen molar-refractivity contribution in [2.24, 2.45) is 5.92 Å². The van der Waals surface area contributed by atoms with Gasteiger partial charge in [0, 0.05) is 26.1 Å². The van der Waals surface area contributed by atoms with E-state index in [9.17, 15) is 4.79 Å². The van der Waals surface area contributed by atoms with Gasteiger partial charge < -0.3 is 9.42 Å². The first-order valence-corrected chi connectivity index (χ1v) is 9.82. The summed E-state index contributed by atoms with van der Waals surface area (Å²) in [6.07, 6.45) is 6.92. The second-order valence-corrected chi connectivity index (χ2v) is 7.91. The lowest BCUT2D eigenvalue weighted by Crippen LogP contribution is -2.49. The quantitative estimate of drug-likeness (QED) is 0.696. The van der Waals surface area contributed by atoms with E-state index in [1.807, 2.05) is 4.90 Å². The predicted molar refractivity (Wildman–Crippen MR) is 92.3 cm³/mol. The average Bonchev–Trinajstić information content (AvgIpc) is 3.06. The molecule has 0 spiro atoms. The molecule has 4 heterocycles. The summed E-state index contributed by atoms with van der Waals surface area (Å²) in [6, 6.07) is 0.279. The highest BCUT2D eigenvalue weighted by atomic mass is 16.5. The van der Waals surface area contributed by atoms with Crippen LogP contribution in [0, 0.1) is 5.92 Å². The summed E-state index contributed by atoms with van der Waals surface area (Å²) < 4.78 is 7.16. The van der Waals surface area contributed by atoms with Crippen LogP contribution < -0.4 is 0 Å². The Kier molecular flexibility index (Phi) is 4.35. The van der Waals surface area contributed by atoms with Crippen molar-refractivity contribution < 1.29 is 9.32 Å². The maximum absolute atomic E-state index is 12.2. The molecule has 3 fully saturated rings. The van der Waals surface area contributed by atoms with Crippen molar-refractivity contribution >= 4 is 5.91 Å². The van der Waals surface area contributed by atoms with Gasteiger partial charge in [-0.3, -0.25) is 9.69 Å². The van der Waals surface area contributed by atoms with Gasteiger partial charge >= 0.3 is 0 Å². The maximum Gasteiger partial charge on any atom is 0.244 e. The highest BCUT2D eigenvalue weighted by Gasteiger charge is 2.38. The standard InChI is InChI=1S/C17H24N8O2/c26-15(5-7-25-11-18-21-22-25)24-9-13(10-24)16-19-17(27-20-16)14-2-1-6-23(14)8-12-3-4-12/h11-14H,1-10H2. The fourth-order valence-corrected chi connectivity index (χ4v) is 4.00. The number of aryl methyl sites for hydroxylation is 1. The van der Waals surface area contributed by atoms with Gasteiger partial charge in [0.1, 0.15) is 6.33 Å². The second-order valence-electron chi connectivity index (χ2n) is 7.91. The number of rotatable bonds is 7. The van der Waals surface area contributed by atoms with Gasteiger partial charge in [-0.1, -0.05) is 5.16 Å². The lowest BCUT2D eigenvalue weighted by atomic mass is 9.99. The third-order valence-electron chi connectivity index (χ3n) is 5.84. The Balaban J connectivity index is 1.13. The largest absolute Gasteiger partial charge is 0.341 e. The Morgan fingerprint density at radius 3 is 2.93 bits per heavy atom. The number of hydrogen-bond donors (Lipinski definition) is 0. The topological polar surface area (TPSA) is 106 Å². The van der Waals surface area contributed by atoms with Crippen LogP contribution in [-0.4, -0.2) is 72.2 Å². The number of nitrogens with zero attached hydrogens (tertiary/aromatic N) is 8. The first kappa shape index (κ1) is 16.8. The summed E-state index contributed by atoms with van der Waals surface area (Å²) in [6.45, 7) is 4.10. The minimum atomic E-state index is 0.108. The van der Waals surface area contributed by atoms with Gasteiger partial charge in [0.2, 0.25) is 11.8 Å². The Bertz CT molecular complexity index is 781. The van der Waals surface area contributed by atoms with Crippen molar-refractivity contribution in [3.8, 4) is 0 Å². The smallest absolute Gasteiger partial charge is 0.244 e. The number of aromatic nitrogens is 6. The van der Waals surface area contributed by atoms with Crippen LogP contribution in [0.4, 0.5) is 0 Å². The lowest BCUT2D eigenvalue weighted by Gasteiger charge is -2.37. The fraction of sp³-hybridized carbons (Fsp3) is 0.765. The summed E-state index contributed by atoms with van der Waals surface area (Å²) >= 11 is 0. The Labute approximate surface area is 156 Å². The predicted octanol–water partition coefficient (Wildman–Crippen LogP) is 0.619. The van der Waals surface area contributed by atoms with Gasteiger partial charge in [-0.15, -0.1) is 5.10 Å². The van der Waals surface area contributed by atoms with E-state index >= 15 is 0 Å². The monoisotopic (exact) mass is 372 g/mol. The Morgan fingerprint density at radius 1 is 1.26 bits per heavy atom. The number of tetrazole rings is 1. The van der Waals surface area contributed by atoms with Crippen LogP contribution in [0.5, 0.6) is 0 Å². The van der Waals surface area contributed by atoms with Crippen LogP contribution in [0.3, 0.4) is 0 Å². The van der Waals surface area contributed by atoms with Gasteiger partial charge in [0.15, 0.2) is 5.82 Å². The Hall–Kier alpha value is -2.36. The summed E-state index contributed by atoms with van der Waals surface area (Å²) in [7, 11) is 0. The lowest BCUT2D eigenvalue weighted by molar-refractivity contribution is -0.136. The van der Waals surface area contributed by atoms with Crippen molar-refractivity contribution in [2.75, 3.05) is 26.2 Å². The van der Waals surface area contributed by atoms with Gasteiger partial charge in [-0.05, 0) is 48.6 Å². The van der Waals surface area contributed by atoms with Gasteiger partial charge in [0.25, 0.3) is 0 Å². The van der Waals surface area contributed by atoms with Crippen LogP contribution in [0.25, 0.3) is 0 Å². The van der Waals surface area contributed by atoms with E-state index < -0.39 is 0 Å². The van der Waals surface area contributed by atoms with Crippen LogP contribution in [0.1, 0.15) is 55.8 Å². The van der Waals surface area contributed by atoms with Crippen molar-refractivity contribution in [1.29, 1.82) is 0 Å². The molecule has 1 unspecified atom stereocenters. The average molecular weight is 372 g/mol. The third-order valence-corrected chi connectivity index (χ3v) is 5.84. The first-order valence-electron chi connectivity index (χ1n) is 9.82. The van der Waals surface area contributed by atoms with E-state index in [0.29, 0.717) is 26.1 Å². The number of carbonyl (C=O) groups excluding carboxylic acids is 1. The molecule has 1 atom stereocenters. The van der Waals surface area contributed by atoms with Crippen molar-refractivity contribution in [1.82, 2.24) is 40.1 Å². The van der Waals surface area contributed by atoms with Crippen LogP contribution >= 0.6 is 0 Å². The number of amides is 1. The molecule has 0 radical (unpaired) electrons. The molecule has 0 N–H and O–H groups in total. The molecule has 27 heavy (non-hydrogen) atoms. The van der Waals surface area contributed by atoms with Crippen molar-refractivity contribution in [2.45, 2.75) is 50.6 Å². The number of likely N-dealkylation sites (tertiary alicyclic amines) is 2. The van der Waals surface area contributed by atoms with E-state index in [2.05, 4.69) is 30.6 Å². The number of carbonyl (C=O) groups is 1. The molecule has 0 bridgehead atoms. The highest BCUT2D eigenvalue weighted by molar-refractivity contribution is 5.77. The van der Waals surface area contributed by atoms with Gasteiger partial charge in [-0.2, -0.15) is 4.98 Å². The van der Waals surface area contributed by atoms with E-state index in [1.165, 1.54) is 25.6 Å². The van der Waals surface area contributed by atoms with Crippen LogP contribution in [-0.2, 0) is 11.3 Å².